The highest BCUT2D eigenvalue weighted by Gasteiger charge is 2.33. The molecule has 1 fully saturated rings. The van der Waals surface area contributed by atoms with E-state index in [9.17, 15) is 0 Å². The normalized spacial score (nSPS) is 24.3. The molecule has 3 unspecified atom stereocenters. The van der Waals surface area contributed by atoms with E-state index in [4.69, 9.17) is 0 Å². The van der Waals surface area contributed by atoms with Crippen LogP contribution in [-0.2, 0) is 19.3 Å². The Morgan fingerprint density at radius 2 is 1.69 bits per heavy atom. The van der Waals surface area contributed by atoms with E-state index in [1.165, 1.54) is 69.7 Å². The third-order valence-electron chi connectivity index (χ3n) is 9.62. The van der Waals surface area contributed by atoms with Gasteiger partial charge in [-0.3, -0.25) is 0 Å². The van der Waals surface area contributed by atoms with Gasteiger partial charge < -0.3 is 4.90 Å². The molecule has 0 saturated heterocycles. The van der Waals surface area contributed by atoms with Crippen LogP contribution in [0.2, 0.25) is 0 Å². The second-order valence-corrected chi connectivity index (χ2v) is 11.9. The lowest BCUT2D eigenvalue weighted by Gasteiger charge is -2.32. The Hall–Kier alpha value is -3.06. The minimum absolute atomic E-state index is 0.759. The Morgan fingerprint density at radius 3 is 2.58 bits per heavy atom. The van der Waals surface area contributed by atoms with Gasteiger partial charge in [0, 0.05) is 13.6 Å². The summed E-state index contributed by atoms with van der Waals surface area (Å²) in [5.41, 5.74) is 9.29. The summed E-state index contributed by atoms with van der Waals surface area (Å²) in [7, 11) is 2.20. The zero-order valence-corrected chi connectivity index (χ0v) is 21.8. The van der Waals surface area contributed by atoms with Crippen molar-refractivity contribution in [3.05, 3.63) is 109 Å². The molecule has 182 valence electrons. The molecular weight excluding hydrogens is 434 g/mol. The molecule has 3 atom stereocenters. The molecule has 4 aliphatic rings. The molecule has 0 aromatic heterocycles. The zero-order valence-electron chi connectivity index (χ0n) is 21.8. The fourth-order valence-corrected chi connectivity index (χ4v) is 7.66. The van der Waals surface area contributed by atoms with Gasteiger partial charge in [0.25, 0.3) is 0 Å². The molecule has 0 bridgehead atoms. The predicted octanol–water partition coefficient (Wildman–Crippen LogP) is 5.97. The van der Waals surface area contributed by atoms with Gasteiger partial charge in [-0.1, -0.05) is 74.0 Å². The van der Waals surface area contributed by atoms with Crippen LogP contribution in [0.1, 0.15) is 60.4 Å². The SMILES string of the molecule is CC1CCC(C2CC(c3cccc4c3C=CN(C)CC4)=c3ccc4c(c3C2)CC=c2ccccc2=4)C1. The molecule has 3 aliphatic carbocycles. The van der Waals surface area contributed by atoms with Crippen molar-refractivity contribution in [1.82, 2.24) is 4.90 Å². The van der Waals surface area contributed by atoms with E-state index in [1.54, 1.807) is 16.7 Å². The van der Waals surface area contributed by atoms with E-state index in [0.29, 0.717) is 0 Å². The van der Waals surface area contributed by atoms with Gasteiger partial charge in [-0.05, 0) is 123 Å². The molecule has 36 heavy (non-hydrogen) atoms. The number of nitrogens with zero attached hydrogens (tertiary/aromatic N) is 1. The lowest BCUT2D eigenvalue weighted by atomic mass is 9.72. The molecule has 1 heteroatoms. The van der Waals surface area contributed by atoms with Crippen molar-refractivity contribution in [2.75, 3.05) is 13.6 Å². The average molecular weight is 472 g/mol. The molecule has 1 nitrogen and oxygen atoms in total. The van der Waals surface area contributed by atoms with Crippen LogP contribution in [0.3, 0.4) is 0 Å². The quantitative estimate of drug-likeness (QED) is 0.445. The van der Waals surface area contributed by atoms with E-state index in [1.807, 2.05) is 0 Å². The molecule has 0 N–H and O–H groups in total. The average Bonchev–Trinajstić information content (AvgIpc) is 3.26. The maximum absolute atomic E-state index is 2.48. The molecule has 0 amide bonds. The summed E-state index contributed by atoms with van der Waals surface area (Å²) in [6, 6.07) is 20.9. The molecule has 1 saturated carbocycles. The number of hydrogen-bond donors (Lipinski definition) is 0. The van der Waals surface area contributed by atoms with Crippen LogP contribution in [-0.4, -0.2) is 18.5 Å². The summed E-state index contributed by atoms with van der Waals surface area (Å²) in [6.07, 6.45) is 16.0. The van der Waals surface area contributed by atoms with Crippen molar-refractivity contribution >= 4 is 17.7 Å². The van der Waals surface area contributed by atoms with Crippen molar-refractivity contribution in [3.63, 3.8) is 0 Å². The Kier molecular flexibility index (Phi) is 5.42. The van der Waals surface area contributed by atoms with Crippen LogP contribution in [0.25, 0.3) is 17.7 Å². The van der Waals surface area contributed by atoms with Crippen molar-refractivity contribution < 1.29 is 0 Å². The summed E-state index contributed by atoms with van der Waals surface area (Å²) in [5.74, 6) is 2.51. The summed E-state index contributed by atoms with van der Waals surface area (Å²) in [5, 5.41) is 5.82. The smallest absolute Gasteiger partial charge is 0.0209 e. The van der Waals surface area contributed by atoms with Gasteiger partial charge in [-0.25, -0.2) is 0 Å². The number of hydrogen-bond acceptors (Lipinski definition) is 1. The van der Waals surface area contributed by atoms with Crippen LogP contribution < -0.4 is 10.4 Å². The lowest BCUT2D eigenvalue weighted by molar-refractivity contribution is 0.328. The molecule has 1 aliphatic heterocycles. The van der Waals surface area contributed by atoms with E-state index in [2.05, 4.69) is 91.8 Å². The van der Waals surface area contributed by atoms with Crippen LogP contribution in [0.4, 0.5) is 0 Å². The molecule has 3 aromatic carbocycles. The Morgan fingerprint density at radius 1 is 0.806 bits per heavy atom. The first-order valence-corrected chi connectivity index (χ1v) is 14.1. The summed E-state index contributed by atoms with van der Waals surface area (Å²) < 4.78 is 0. The van der Waals surface area contributed by atoms with E-state index < -0.39 is 0 Å². The lowest BCUT2D eigenvalue weighted by Crippen LogP contribution is -2.30. The first-order chi connectivity index (χ1) is 17.7. The third kappa shape index (κ3) is 3.67. The van der Waals surface area contributed by atoms with Crippen molar-refractivity contribution in [2.45, 2.75) is 51.9 Å². The molecule has 3 aromatic rings. The summed E-state index contributed by atoms with van der Waals surface area (Å²) in [4.78, 5) is 2.33. The number of fused-ring (bicyclic) bond motifs is 5. The highest BCUT2D eigenvalue weighted by atomic mass is 15.1. The summed E-state index contributed by atoms with van der Waals surface area (Å²) in [6.45, 7) is 3.55. The number of benzene rings is 3. The van der Waals surface area contributed by atoms with Gasteiger partial charge >= 0.3 is 0 Å². The second-order valence-electron chi connectivity index (χ2n) is 11.9. The summed E-state index contributed by atoms with van der Waals surface area (Å²) >= 11 is 0. The minimum Gasteiger partial charge on any atom is -0.380 e. The molecule has 0 radical (unpaired) electrons. The maximum Gasteiger partial charge on any atom is 0.0209 e. The minimum atomic E-state index is 0.759. The zero-order chi connectivity index (χ0) is 24.2. The van der Waals surface area contributed by atoms with Gasteiger partial charge in [0.05, 0.1) is 0 Å². The van der Waals surface area contributed by atoms with Crippen LogP contribution in [0, 0.1) is 28.2 Å². The Bertz CT molecular complexity index is 1590. The number of likely N-dealkylation sites (N-methyl/N-ethyl adjacent to an activating group) is 1. The molecular formula is C35H37N. The fraction of sp³-hybridized carbons (Fsp3) is 0.371. The highest BCUT2D eigenvalue weighted by molar-refractivity contribution is 5.77. The molecule has 0 spiro atoms. The van der Waals surface area contributed by atoms with Gasteiger partial charge in [0.2, 0.25) is 0 Å². The van der Waals surface area contributed by atoms with Gasteiger partial charge in [0.1, 0.15) is 0 Å². The van der Waals surface area contributed by atoms with E-state index >= 15 is 0 Å². The Balaban J connectivity index is 1.49. The Labute approximate surface area is 215 Å². The van der Waals surface area contributed by atoms with E-state index in [-0.39, 0.29) is 0 Å². The standard InChI is InChI=1S/C35H37N/c1-23-10-11-26(20-23)27-21-34(30-9-5-7-25-16-18-36(2)19-17-29(25)30)33-15-14-31-28-8-4-3-6-24(28)12-13-32(31)35(33)22-27/h3-9,12,14-15,17,19,23,26-27H,10-11,13,16,18,20-22H2,1-2H3. The fourth-order valence-electron chi connectivity index (χ4n) is 7.66. The van der Waals surface area contributed by atoms with Crippen molar-refractivity contribution in [2.24, 2.45) is 17.8 Å². The highest BCUT2D eigenvalue weighted by Crippen LogP contribution is 2.43. The van der Waals surface area contributed by atoms with Crippen molar-refractivity contribution in [1.29, 1.82) is 0 Å². The third-order valence-corrected chi connectivity index (χ3v) is 9.62. The predicted molar refractivity (Wildman–Crippen MR) is 151 cm³/mol. The monoisotopic (exact) mass is 471 g/mol. The van der Waals surface area contributed by atoms with Crippen LogP contribution >= 0.6 is 0 Å². The number of rotatable bonds is 2. The van der Waals surface area contributed by atoms with Crippen LogP contribution in [0.5, 0.6) is 0 Å². The van der Waals surface area contributed by atoms with Gasteiger partial charge in [-0.2, -0.15) is 0 Å². The van der Waals surface area contributed by atoms with Gasteiger partial charge in [0.15, 0.2) is 0 Å². The molecule has 7 rings (SSSR count). The first-order valence-electron chi connectivity index (χ1n) is 14.1. The largest absolute Gasteiger partial charge is 0.380 e. The molecule has 1 heterocycles. The topological polar surface area (TPSA) is 3.24 Å². The van der Waals surface area contributed by atoms with Gasteiger partial charge in [-0.15, -0.1) is 0 Å². The van der Waals surface area contributed by atoms with Crippen molar-refractivity contribution in [3.8, 4) is 0 Å². The van der Waals surface area contributed by atoms with Crippen LogP contribution in [0.15, 0.2) is 60.8 Å². The second kappa shape index (κ2) is 8.80. The van der Waals surface area contributed by atoms with E-state index in [0.717, 1.165) is 37.1 Å². The maximum atomic E-state index is 2.48. The first kappa shape index (κ1) is 22.2.